The predicted molar refractivity (Wildman–Crippen MR) is 41.2 cm³/mol. The van der Waals surface area contributed by atoms with Crippen LogP contribution in [0.1, 0.15) is 12.0 Å². The zero-order valence-electron chi connectivity index (χ0n) is 6.00. The molecule has 1 amide bonds. The zero-order valence-corrected chi connectivity index (χ0v) is 6.00. The molecule has 56 valence electrons. The lowest BCUT2D eigenvalue weighted by atomic mass is 10.1. The van der Waals surface area contributed by atoms with Gasteiger partial charge >= 0.3 is 0 Å². The number of anilines is 1. The fraction of sp³-hybridized carbons (Fsp3) is 0.250. The van der Waals surface area contributed by atoms with Crippen molar-refractivity contribution in [2.45, 2.75) is 12.8 Å². The molecule has 0 radical (unpaired) electrons. The molecule has 0 aliphatic carbocycles. The van der Waals surface area contributed by atoms with Crippen LogP contribution < -0.4 is 5.32 Å². The second kappa shape index (κ2) is 2.34. The number of amides is 1. The molecule has 0 saturated heterocycles. The molecule has 1 aliphatic heterocycles. The van der Waals surface area contributed by atoms with Gasteiger partial charge in [0, 0.05) is 12.6 Å². The molecule has 2 rings (SSSR count). The van der Waals surface area contributed by atoms with Crippen LogP contribution in [0.3, 0.4) is 0 Å². The van der Waals surface area contributed by atoms with E-state index in [1.807, 2.05) is 12.1 Å². The van der Waals surface area contributed by atoms with Gasteiger partial charge in [-0.1, -0.05) is 6.07 Å². The Kier molecular flexibility index (Phi) is 1.35. The first-order valence-corrected chi connectivity index (χ1v) is 3.60. The topological polar surface area (TPSA) is 42.0 Å². The summed E-state index contributed by atoms with van der Waals surface area (Å²) >= 11 is 0. The van der Waals surface area contributed by atoms with Crippen molar-refractivity contribution in [1.29, 1.82) is 0 Å². The Morgan fingerprint density at radius 1 is 1.45 bits per heavy atom. The maximum absolute atomic E-state index is 10.9. The Morgan fingerprint density at radius 2 is 2.36 bits per heavy atom. The minimum Gasteiger partial charge on any atom is -0.310 e. The molecule has 0 saturated carbocycles. The quantitative estimate of drug-likeness (QED) is 0.595. The summed E-state index contributed by atoms with van der Waals surface area (Å²) in [7, 11) is 0. The average Bonchev–Trinajstić information content (AvgIpc) is 2.04. The molecule has 1 aromatic rings. The van der Waals surface area contributed by atoms with Gasteiger partial charge in [-0.05, 0) is 18.1 Å². The summed E-state index contributed by atoms with van der Waals surface area (Å²) < 4.78 is 0. The number of nitrogens with one attached hydrogen (secondary N) is 1. The summed E-state index contributed by atoms with van der Waals surface area (Å²) in [6.45, 7) is 0. The summed E-state index contributed by atoms with van der Waals surface area (Å²) in [6.07, 6.45) is 3.08. The molecule has 1 N–H and O–H groups in total. The van der Waals surface area contributed by atoms with Crippen LogP contribution in [-0.2, 0) is 11.2 Å². The van der Waals surface area contributed by atoms with Gasteiger partial charge in [0.2, 0.25) is 5.91 Å². The van der Waals surface area contributed by atoms with E-state index < -0.39 is 0 Å². The third-order valence-corrected chi connectivity index (χ3v) is 1.77. The SMILES string of the molecule is O=C1CCc2cccnc2N1. The lowest BCUT2D eigenvalue weighted by Gasteiger charge is -2.13. The smallest absolute Gasteiger partial charge is 0.225 e. The van der Waals surface area contributed by atoms with Gasteiger partial charge in [-0.2, -0.15) is 0 Å². The van der Waals surface area contributed by atoms with Gasteiger partial charge in [0.15, 0.2) is 0 Å². The number of aryl methyl sites for hydroxylation is 1. The second-order valence-electron chi connectivity index (χ2n) is 2.56. The molecule has 11 heavy (non-hydrogen) atoms. The van der Waals surface area contributed by atoms with E-state index in [0.29, 0.717) is 6.42 Å². The Bertz CT molecular complexity index is 296. The molecule has 1 aliphatic rings. The van der Waals surface area contributed by atoms with E-state index in [9.17, 15) is 4.79 Å². The van der Waals surface area contributed by atoms with E-state index in [1.54, 1.807) is 6.20 Å². The number of rotatable bonds is 0. The Morgan fingerprint density at radius 3 is 3.27 bits per heavy atom. The van der Waals surface area contributed by atoms with E-state index >= 15 is 0 Å². The van der Waals surface area contributed by atoms with E-state index in [0.717, 1.165) is 17.8 Å². The van der Waals surface area contributed by atoms with Gasteiger partial charge in [0.1, 0.15) is 5.82 Å². The maximum Gasteiger partial charge on any atom is 0.225 e. The molecule has 3 heteroatoms. The highest BCUT2D eigenvalue weighted by molar-refractivity contribution is 5.92. The molecular weight excluding hydrogens is 140 g/mol. The molecule has 0 atom stereocenters. The van der Waals surface area contributed by atoms with Crippen molar-refractivity contribution in [3.8, 4) is 0 Å². The standard InChI is InChI=1S/C8H8N2O/c11-7-4-3-6-2-1-5-9-8(6)10-7/h1-2,5H,3-4H2,(H,9,10,11). The molecule has 1 aromatic heterocycles. The summed E-state index contributed by atoms with van der Waals surface area (Å²) in [5.41, 5.74) is 1.13. The van der Waals surface area contributed by atoms with Crippen LogP contribution in [0.25, 0.3) is 0 Å². The monoisotopic (exact) mass is 148 g/mol. The number of pyridine rings is 1. The molecule has 0 fully saturated rings. The van der Waals surface area contributed by atoms with E-state index in [1.165, 1.54) is 0 Å². The third kappa shape index (κ3) is 1.09. The summed E-state index contributed by atoms with van der Waals surface area (Å²) in [5.74, 6) is 0.792. The first-order chi connectivity index (χ1) is 5.36. The van der Waals surface area contributed by atoms with Gasteiger partial charge < -0.3 is 5.32 Å². The highest BCUT2D eigenvalue weighted by Gasteiger charge is 2.13. The van der Waals surface area contributed by atoms with E-state index in [-0.39, 0.29) is 5.91 Å². The van der Waals surface area contributed by atoms with Gasteiger partial charge in [-0.3, -0.25) is 4.79 Å². The minimum atomic E-state index is 0.0659. The fourth-order valence-electron chi connectivity index (χ4n) is 1.20. The van der Waals surface area contributed by atoms with Crippen molar-refractivity contribution in [1.82, 2.24) is 4.98 Å². The first-order valence-electron chi connectivity index (χ1n) is 3.60. The van der Waals surface area contributed by atoms with Crippen LogP contribution in [0.2, 0.25) is 0 Å². The first kappa shape index (κ1) is 6.34. The van der Waals surface area contributed by atoms with E-state index in [4.69, 9.17) is 0 Å². The lowest BCUT2D eigenvalue weighted by Crippen LogP contribution is -2.19. The average molecular weight is 148 g/mol. The van der Waals surface area contributed by atoms with Crippen LogP contribution in [0.5, 0.6) is 0 Å². The molecule has 0 bridgehead atoms. The molecule has 2 heterocycles. The Labute approximate surface area is 64.5 Å². The highest BCUT2D eigenvalue weighted by Crippen LogP contribution is 2.17. The van der Waals surface area contributed by atoms with Crippen molar-refractivity contribution in [3.05, 3.63) is 23.9 Å². The van der Waals surface area contributed by atoms with E-state index in [2.05, 4.69) is 10.3 Å². The predicted octanol–water partition coefficient (Wildman–Crippen LogP) is 0.966. The van der Waals surface area contributed by atoms with Crippen molar-refractivity contribution in [3.63, 3.8) is 0 Å². The number of nitrogens with zero attached hydrogens (tertiary/aromatic N) is 1. The van der Waals surface area contributed by atoms with Crippen LogP contribution in [0.4, 0.5) is 5.82 Å². The Balaban J connectivity index is 2.41. The normalized spacial score (nSPS) is 15.5. The number of hydrogen-bond acceptors (Lipinski definition) is 2. The Hall–Kier alpha value is -1.38. The zero-order chi connectivity index (χ0) is 7.68. The summed E-state index contributed by atoms with van der Waals surface area (Å²) in [5, 5.41) is 2.71. The van der Waals surface area contributed by atoms with Crippen molar-refractivity contribution in [2.75, 3.05) is 5.32 Å². The van der Waals surface area contributed by atoms with Crippen LogP contribution in [0, 0.1) is 0 Å². The van der Waals surface area contributed by atoms with Gasteiger partial charge in [0.25, 0.3) is 0 Å². The van der Waals surface area contributed by atoms with Gasteiger partial charge in [-0.25, -0.2) is 4.98 Å². The van der Waals surface area contributed by atoms with Crippen molar-refractivity contribution >= 4 is 11.7 Å². The van der Waals surface area contributed by atoms with Crippen molar-refractivity contribution < 1.29 is 4.79 Å². The second-order valence-corrected chi connectivity index (χ2v) is 2.56. The highest BCUT2D eigenvalue weighted by atomic mass is 16.1. The summed E-state index contributed by atoms with van der Waals surface area (Å²) in [6, 6.07) is 3.87. The van der Waals surface area contributed by atoms with Crippen LogP contribution in [-0.4, -0.2) is 10.9 Å². The number of hydrogen-bond donors (Lipinski definition) is 1. The lowest BCUT2D eigenvalue weighted by molar-refractivity contribution is -0.116. The molecule has 0 aromatic carbocycles. The fourth-order valence-corrected chi connectivity index (χ4v) is 1.20. The van der Waals surface area contributed by atoms with Gasteiger partial charge in [-0.15, -0.1) is 0 Å². The van der Waals surface area contributed by atoms with Gasteiger partial charge in [0.05, 0.1) is 0 Å². The molecular formula is C8H8N2O. The molecule has 3 nitrogen and oxygen atoms in total. The summed E-state index contributed by atoms with van der Waals surface area (Å²) in [4.78, 5) is 14.9. The number of fused-ring (bicyclic) bond motifs is 1. The number of carbonyl (C=O) groups excluding carboxylic acids is 1. The number of carbonyl (C=O) groups is 1. The van der Waals surface area contributed by atoms with Crippen LogP contribution >= 0.6 is 0 Å². The van der Waals surface area contributed by atoms with Crippen molar-refractivity contribution in [2.24, 2.45) is 0 Å². The van der Waals surface area contributed by atoms with Crippen LogP contribution in [0.15, 0.2) is 18.3 Å². The minimum absolute atomic E-state index is 0.0659. The largest absolute Gasteiger partial charge is 0.310 e. The molecule has 0 spiro atoms. The maximum atomic E-state index is 10.9. The third-order valence-electron chi connectivity index (χ3n) is 1.77. The molecule has 0 unspecified atom stereocenters. The number of aromatic nitrogens is 1.